The second-order valence-electron chi connectivity index (χ2n) is 11.6. The number of hydrogen-bond acceptors (Lipinski definition) is 5. The molecule has 2 amide bonds. The normalized spacial score (nSPS) is 22.0. The van der Waals surface area contributed by atoms with Crippen molar-refractivity contribution in [2.45, 2.75) is 65.9 Å². The number of rotatable bonds is 8. The highest BCUT2D eigenvalue weighted by molar-refractivity contribution is 9.10. The number of amides is 2. The Kier molecular flexibility index (Phi) is 9.58. The zero-order chi connectivity index (χ0) is 30.8. The van der Waals surface area contributed by atoms with Gasteiger partial charge < -0.3 is 20.5 Å². The van der Waals surface area contributed by atoms with Crippen LogP contribution in [0.4, 0.5) is 11.4 Å². The van der Waals surface area contributed by atoms with Crippen LogP contribution in [0.25, 0.3) is 0 Å². The summed E-state index contributed by atoms with van der Waals surface area (Å²) in [5.41, 5.74) is 3.61. The number of anilines is 2. The Bertz CT molecular complexity index is 1520. The van der Waals surface area contributed by atoms with Crippen LogP contribution in [0.15, 0.2) is 59.1 Å². The summed E-state index contributed by atoms with van der Waals surface area (Å²) in [6, 6.07) is 16.8. The summed E-state index contributed by atoms with van der Waals surface area (Å²) in [4.78, 5) is 42.1. The minimum absolute atomic E-state index is 0.349. The van der Waals surface area contributed by atoms with Crippen molar-refractivity contribution in [2.24, 2.45) is 11.8 Å². The molecule has 0 aromatic heterocycles. The predicted molar refractivity (Wildman–Crippen MR) is 169 cm³/mol. The maximum atomic E-state index is 14.2. The molecule has 0 spiro atoms. The van der Waals surface area contributed by atoms with Crippen LogP contribution in [0.1, 0.15) is 60.4 Å². The lowest BCUT2D eigenvalue weighted by atomic mass is 9.61. The van der Waals surface area contributed by atoms with E-state index in [0.717, 1.165) is 28.7 Å². The number of aryl methyl sites for hydroxylation is 4. The third-order valence-corrected chi connectivity index (χ3v) is 8.42. The molecule has 4 atom stereocenters. The quantitative estimate of drug-likeness (QED) is 0.237. The van der Waals surface area contributed by atoms with E-state index in [4.69, 9.17) is 4.74 Å². The highest BCUT2D eigenvalue weighted by atomic mass is 79.9. The lowest BCUT2D eigenvalue weighted by molar-refractivity contribution is -0.150. The van der Waals surface area contributed by atoms with Crippen LogP contribution in [0.2, 0.25) is 0 Å². The van der Waals surface area contributed by atoms with Gasteiger partial charge in [-0.15, -0.1) is 0 Å². The molecule has 1 saturated carbocycles. The number of benzene rings is 3. The smallest absolute Gasteiger partial charge is 0.235 e. The highest BCUT2D eigenvalue weighted by Crippen LogP contribution is 2.49. The molecular weight excluding hydrogens is 596 g/mol. The lowest BCUT2D eigenvalue weighted by Crippen LogP contribution is -2.56. The summed E-state index contributed by atoms with van der Waals surface area (Å²) in [5.74, 6) is -4.40. The zero-order valence-electron chi connectivity index (χ0n) is 25.0. The van der Waals surface area contributed by atoms with Crippen LogP contribution in [0.3, 0.4) is 0 Å². The van der Waals surface area contributed by atoms with Crippen molar-refractivity contribution in [1.29, 1.82) is 0 Å². The molecule has 42 heavy (non-hydrogen) atoms. The molecule has 3 aromatic carbocycles. The Hall–Kier alpha value is -3.49. The van der Waals surface area contributed by atoms with Gasteiger partial charge in [0.05, 0.1) is 18.1 Å². The van der Waals surface area contributed by atoms with Gasteiger partial charge in [-0.2, -0.15) is 0 Å². The van der Waals surface area contributed by atoms with Crippen molar-refractivity contribution < 1.29 is 24.2 Å². The number of carbonyl (C=O) groups is 3. The summed E-state index contributed by atoms with van der Waals surface area (Å²) in [6.07, 6.45) is 0.391. The van der Waals surface area contributed by atoms with Crippen molar-refractivity contribution in [1.82, 2.24) is 0 Å². The van der Waals surface area contributed by atoms with E-state index in [1.165, 1.54) is 6.92 Å². The third-order valence-electron chi connectivity index (χ3n) is 7.93. The minimum Gasteiger partial charge on any atom is -0.493 e. The van der Waals surface area contributed by atoms with E-state index in [9.17, 15) is 19.5 Å². The number of aliphatic hydroxyl groups is 1. The summed E-state index contributed by atoms with van der Waals surface area (Å²) in [7, 11) is 0. The Balaban J connectivity index is 1.87. The molecule has 3 N–H and O–H groups in total. The summed E-state index contributed by atoms with van der Waals surface area (Å²) >= 11 is 3.53. The maximum Gasteiger partial charge on any atom is 0.235 e. The largest absolute Gasteiger partial charge is 0.493 e. The van der Waals surface area contributed by atoms with Crippen LogP contribution in [0.5, 0.6) is 5.75 Å². The van der Waals surface area contributed by atoms with Crippen molar-refractivity contribution in [2.75, 3.05) is 17.2 Å². The molecule has 3 aromatic rings. The highest BCUT2D eigenvalue weighted by Gasteiger charge is 2.56. The van der Waals surface area contributed by atoms with E-state index in [1.54, 1.807) is 12.1 Å². The first-order chi connectivity index (χ1) is 19.8. The molecule has 8 heteroatoms. The molecule has 1 aliphatic rings. The summed E-state index contributed by atoms with van der Waals surface area (Å²) in [6.45, 7) is 11.5. The van der Waals surface area contributed by atoms with Crippen LogP contribution in [-0.2, 0) is 14.4 Å². The lowest BCUT2D eigenvalue weighted by Gasteiger charge is -2.45. The Morgan fingerprint density at radius 1 is 0.929 bits per heavy atom. The number of hydrogen-bond donors (Lipinski definition) is 3. The first-order valence-electron chi connectivity index (χ1n) is 14.3. The van der Waals surface area contributed by atoms with Crippen LogP contribution < -0.4 is 15.4 Å². The fourth-order valence-corrected chi connectivity index (χ4v) is 6.13. The van der Waals surface area contributed by atoms with Gasteiger partial charge in [-0.05, 0) is 93.6 Å². The van der Waals surface area contributed by atoms with Gasteiger partial charge in [-0.1, -0.05) is 47.1 Å². The van der Waals surface area contributed by atoms with E-state index in [0.29, 0.717) is 33.8 Å². The van der Waals surface area contributed by atoms with Crippen molar-refractivity contribution >= 4 is 44.9 Å². The van der Waals surface area contributed by atoms with E-state index < -0.39 is 41.0 Å². The van der Waals surface area contributed by atoms with Crippen molar-refractivity contribution in [3.8, 4) is 5.75 Å². The maximum absolute atomic E-state index is 14.2. The van der Waals surface area contributed by atoms with E-state index in [1.807, 2.05) is 77.1 Å². The zero-order valence-corrected chi connectivity index (χ0v) is 26.6. The summed E-state index contributed by atoms with van der Waals surface area (Å²) in [5, 5.41) is 17.7. The predicted octanol–water partition coefficient (Wildman–Crippen LogP) is 6.79. The molecular formula is C34H39BrN2O5. The number of halogens is 1. The number of ketones is 1. The molecule has 7 nitrogen and oxygen atoms in total. The fourth-order valence-electron chi connectivity index (χ4n) is 5.75. The molecule has 222 valence electrons. The summed E-state index contributed by atoms with van der Waals surface area (Å²) < 4.78 is 6.78. The van der Waals surface area contributed by atoms with Crippen molar-refractivity contribution in [3.05, 3.63) is 86.9 Å². The van der Waals surface area contributed by atoms with Gasteiger partial charge in [0.15, 0.2) is 0 Å². The molecule has 1 fully saturated rings. The van der Waals surface area contributed by atoms with Crippen molar-refractivity contribution in [3.63, 3.8) is 0 Å². The van der Waals surface area contributed by atoms with E-state index >= 15 is 0 Å². The number of ether oxygens (including phenoxy) is 1. The molecule has 4 rings (SSSR count). The van der Waals surface area contributed by atoms with Gasteiger partial charge in [0.25, 0.3) is 0 Å². The van der Waals surface area contributed by atoms with Gasteiger partial charge in [0.1, 0.15) is 17.5 Å². The van der Waals surface area contributed by atoms with Gasteiger partial charge in [-0.25, -0.2) is 0 Å². The molecule has 0 aliphatic heterocycles. The van der Waals surface area contributed by atoms with Gasteiger partial charge in [0.2, 0.25) is 11.8 Å². The van der Waals surface area contributed by atoms with E-state index in [2.05, 4.69) is 26.6 Å². The monoisotopic (exact) mass is 634 g/mol. The Morgan fingerprint density at radius 3 is 2.07 bits per heavy atom. The number of Topliss-reactive ketones (excluding diaryl/α,β-unsaturated/α-hetero) is 1. The van der Waals surface area contributed by atoms with E-state index in [-0.39, 0.29) is 6.42 Å². The number of carbonyl (C=O) groups excluding carboxylic acids is 3. The van der Waals surface area contributed by atoms with Crippen LogP contribution in [0, 0.1) is 39.5 Å². The molecule has 1 aliphatic carbocycles. The third kappa shape index (κ3) is 6.76. The fraction of sp³-hybridized carbons (Fsp3) is 0.382. The second kappa shape index (κ2) is 12.8. The van der Waals surface area contributed by atoms with Gasteiger partial charge >= 0.3 is 0 Å². The van der Waals surface area contributed by atoms with Crippen LogP contribution in [-0.4, -0.2) is 34.9 Å². The van der Waals surface area contributed by atoms with Gasteiger partial charge in [0, 0.05) is 33.7 Å². The molecule has 0 radical (unpaired) electrons. The van der Waals surface area contributed by atoms with Crippen LogP contribution >= 0.6 is 15.9 Å². The molecule has 4 unspecified atom stereocenters. The Labute approximate surface area is 256 Å². The van der Waals surface area contributed by atoms with Gasteiger partial charge in [-0.3, -0.25) is 14.4 Å². The minimum atomic E-state index is -1.73. The SMILES string of the molecule is CCCOc1ccc(Br)cc1C1C(C(=O)Nc2cc(C)ccc2C)C(=O)CC(C)(O)C1C(=O)Nc1cc(C)ccc1C. The molecule has 0 bridgehead atoms. The average molecular weight is 636 g/mol. The second-order valence-corrected chi connectivity index (χ2v) is 12.5. The average Bonchev–Trinajstić information content (AvgIpc) is 2.91. The number of nitrogens with one attached hydrogen (secondary N) is 2. The first kappa shape index (κ1) is 31.4. The standard InChI is InChI=1S/C34H39BrN2O5/c1-7-14-42-28-13-12-23(35)17-24(28)29-30(32(39)36-25-15-19(2)8-10-21(25)4)27(38)18-34(6,41)31(29)33(40)37-26-16-20(3)9-11-22(26)5/h8-13,15-17,29-31,41H,7,14,18H2,1-6H3,(H,36,39)(H,37,40). The topological polar surface area (TPSA) is 105 Å². The molecule has 0 heterocycles. The Morgan fingerprint density at radius 2 is 1.50 bits per heavy atom. The molecule has 0 saturated heterocycles. The first-order valence-corrected chi connectivity index (χ1v) is 15.0.